The molecular weight excluding hydrogens is 653 g/mol. The number of aliphatic carboxylic acids is 1. The lowest BCUT2D eigenvalue weighted by Crippen LogP contribution is -2.23. The molecule has 0 aliphatic heterocycles. The minimum atomic E-state index is -0.692. The highest BCUT2D eigenvalue weighted by atomic mass is 32.2. The van der Waals surface area contributed by atoms with Crippen LogP contribution in [0.2, 0.25) is 0 Å². The molecule has 0 aromatic rings. The van der Waals surface area contributed by atoms with E-state index in [1.165, 1.54) is 116 Å². The minimum absolute atomic E-state index is 0.0976. The normalized spacial score (nSPS) is 13.7. The third-order valence-corrected chi connectivity index (χ3v) is 13.2. The fourth-order valence-electron chi connectivity index (χ4n) is 6.40. The van der Waals surface area contributed by atoms with Gasteiger partial charge in [0.15, 0.2) is 0 Å². The Morgan fingerprint density at radius 1 is 0.490 bits per heavy atom. The lowest BCUT2D eigenvalue weighted by atomic mass is 10.0. The molecule has 0 radical (unpaired) electrons. The molecule has 0 aromatic heterocycles. The van der Waals surface area contributed by atoms with E-state index < -0.39 is 28.3 Å². The summed E-state index contributed by atoms with van der Waals surface area (Å²) in [6, 6.07) is 0. The summed E-state index contributed by atoms with van der Waals surface area (Å²) < 4.78 is 29.1. The summed E-state index contributed by atoms with van der Waals surface area (Å²) >= 11 is -1.31. The van der Waals surface area contributed by atoms with Crippen molar-refractivity contribution in [2.75, 3.05) is 18.6 Å². The molecule has 294 valence electrons. The standard InChI is InChI=1S/C21H42O3S.C20H40O3S/c1-4-6-7-8-11-14-17-20(25(23)5-2)18-15-12-9-10-13-16-19-21(22)24-3;1-3-5-6-7-8-10-13-16-19(24(23)4-2)17-14-11-9-12-15-18-20(21)22/h20H,4-19H2,1-3H3;19H,3-18H2,1-2H3,(H,21,22). The monoisotopic (exact) mass is 735 g/mol. The maximum Gasteiger partial charge on any atom is 0.305 e. The van der Waals surface area contributed by atoms with E-state index in [9.17, 15) is 18.7 Å². The summed E-state index contributed by atoms with van der Waals surface area (Å²) in [4.78, 5) is 21.5. The second kappa shape index (κ2) is 40.3. The lowest BCUT2D eigenvalue weighted by molar-refractivity contribution is -0.141. The maximum atomic E-state index is 12.2. The van der Waals surface area contributed by atoms with E-state index in [1.807, 2.05) is 13.8 Å². The van der Waals surface area contributed by atoms with Crippen LogP contribution >= 0.6 is 0 Å². The summed E-state index contributed by atoms with van der Waals surface area (Å²) in [5.74, 6) is 0.788. The third-order valence-electron chi connectivity index (χ3n) is 9.62. The Kier molecular flexibility index (Phi) is 41.7. The van der Waals surface area contributed by atoms with Gasteiger partial charge in [-0.15, -0.1) is 0 Å². The molecule has 1 N–H and O–H groups in total. The molecule has 0 rings (SSSR count). The first kappa shape index (κ1) is 50.7. The third kappa shape index (κ3) is 37.1. The summed E-state index contributed by atoms with van der Waals surface area (Å²) in [5, 5.41) is 9.40. The van der Waals surface area contributed by atoms with E-state index >= 15 is 0 Å². The highest BCUT2D eigenvalue weighted by molar-refractivity contribution is 7.92. The van der Waals surface area contributed by atoms with Gasteiger partial charge in [-0.25, -0.2) is 0 Å². The van der Waals surface area contributed by atoms with E-state index in [2.05, 4.69) is 18.6 Å². The molecule has 0 amide bonds. The Bertz CT molecular complexity index is 695. The molecule has 0 saturated heterocycles. The van der Waals surface area contributed by atoms with Crippen LogP contribution < -0.4 is 0 Å². The number of esters is 1. The summed E-state index contributed by atoms with van der Waals surface area (Å²) in [6.07, 6.45) is 34.5. The molecule has 0 aliphatic carbocycles. The number of hydrogen-bond donors (Lipinski definition) is 1. The van der Waals surface area contributed by atoms with Gasteiger partial charge in [0.25, 0.3) is 0 Å². The average molecular weight is 735 g/mol. The highest BCUT2D eigenvalue weighted by Gasteiger charge is 2.20. The van der Waals surface area contributed by atoms with Crippen molar-refractivity contribution in [1.29, 1.82) is 0 Å². The van der Waals surface area contributed by atoms with Crippen LogP contribution in [0.25, 0.3) is 0 Å². The lowest BCUT2D eigenvalue weighted by Gasteiger charge is -2.21. The molecule has 0 spiro atoms. The van der Waals surface area contributed by atoms with Crippen LogP contribution in [0.5, 0.6) is 0 Å². The number of methoxy groups -OCH3 is 1. The van der Waals surface area contributed by atoms with Gasteiger partial charge in [0.05, 0.1) is 7.11 Å². The SMILES string of the molecule is CCCCCCCCC(CCCCCCCCC(=O)OC)[S+]([O-])CC.CCCCCCCCCC(CCCCCCCC(=O)O)[S+]([O-])CC. The second-order valence-electron chi connectivity index (χ2n) is 14.0. The number of ether oxygens (including phenoxy) is 1. The van der Waals surface area contributed by atoms with Gasteiger partial charge in [0.1, 0.15) is 22.0 Å². The molecule has 8 heteroatoms. The van der Waals surface area contributed by atoms with Crippen molar-refractivity contribution in [1.82, 2.24) is 0 Å². The quantitative estimate of drug-likeness (QED) is 0.0390. The Hall–Kier alpha value is -0.440. The van der Waals surface area contributed by atoms with Crippen LogP contribution in [0.4, 0.5) is 0 Å². The van der Waals surface area contributed by atoms with Crippen molar-refractivity contribution < 1.29 is 28.5 Å². The fraction of sp³-hybridized carbons (Fsp3) is 0.951. The maximum absolute atomic E-state index is 12.2. The van der Waals surface area contributed by atoms with Gasteiger partial charge in [0.2, 0.25) is 0 Å². The van der Waals surface area contributed by atoms with E-state index in [1.54, 1.807) is 0 Å². The smallest absolute Gasteiger partial charge is 0.305 e. The molecule has 0 fully saturated rings. The first-order valence-corrected chi connectivity index (χ1v) is 23.6. The number of carboxylic acid groups (broad SMARTS) is 1. The number of carbonyl (C=O) groups is 2. The number of hydrogen-bond acceptors (Lipinski definition) is 5. The zero-order valence-electron chi connectivity index (χ0n) is 33.1. The molecular formula is C41H82O6S2. The number of unbranched alkanes of at least 4 members (excludes halogenated alkanes) is 20. The van der Waals surface area contributed by atoms with Crippen LogP contribution in [0, 0.1) is 0 Å². The summed E-state index contributed by atoms with van der Waals surface area (Å²) in [5.41, 5.74) is 0. The summed E-state index contributed by atoms with van der Waals surface area (Å²) in [6.45, 7) is 8.57. The van der Waals surface area contributed by atoms with Gasteiger partial charge in [-0.3, -0.25) is 9.59 Å². The Labute approximate surface area is 311 Å². The molecule has 4 atom stereocenters. The van der Waals surface area contributed by atoms with E-state index in [-0.39, 0.29) is 5.97 Å². The van der Waals surface area contributed by atoms with Gasteiger partial charge < -0.3 is 18.9 Å². The number of carboxylic acids is 1. The Balaban J connectivity index is 0. The molecule has 0 bridgehead atoms. The molecule has 0 aliphatic rings. The minimum Gasteiger partial charge on any atom is -0.616 e. The largest absolute Gasteiger partial charge is 0.616 e. The Morgan fingerprint density at radius 3 is 1.06 bits per heavy atom. The predicted octanol–water partition coefficient (Wildman–Crippen LogP) is 12.2. The predicted molar refractivity (Wildman–Crippen MR) is 214 cm³/mol. The van der Waals surface area contributed by atoms with Gasteiger partial charge in [0, 0.05) is 12.8 Å². The van der Waals surface area contributed by atoms with Gasteiger partial charge in [-0.1, -0.05) is 152 Å². The van der Waals surface area contributed by atoms with E-state index in [0.29, 0.717) is 23.3 Å². The molecule has 0 heterocycles. The van der Waals surface area contributed by atoms with E-state index in [4.69, 9.17) is 5.11 Å². The topological polar surface area (TPSA) is 110 Å². The van der Waals surface area contributed by atoms with Gasteiger partial charge in [-0.2, -0.15) is 0 Å². The zero-order valence-corrected chi connectivity index (χ0v) is 34.7. The molecule has 49 heavy (non-hydrogen) atoms. The van der Waals surface area contributed by atoms with Crippen LogP contribution in [-0.4, -0.2) is 55.3 Å². The summed E-state index contributed by atoms with van der Waals surface area (Å²) in [7, 11) is 1.45. The van der Waals surface area contributed by atoms with Crippen molar-refractivity contribution in [3.8, 4) is 0 Å². The first-order valence-electron chi connectivity index (χ1n) is 20.8. The zero-order chi connectivity index (χ0) is 36.8. The number of rotatable bonds is 36. The van der Waals surface area contributed by atoms with Crippen molar-refractivity contribution in [2.45, 2.75) is 231 Å². The molecule has 6 nitrogen and oxygen atoms in total. The average Bonchev–Trinajstić information content (AvgIpc) is 3.10. The van der Waals surface area contributed by atoms with Crippen LogP contribution in [0.15, 0.2) is 0 Å². The van der Waals surface area contributed by atoms with E-state index in [0.717, 1.165) is 82.1 Å². The highest BCUT2D eigenvalue weighted by Crippen LogP contribution is 2.22. The Morgan fingerprint density at radius 2 is 0.776 bits per heavy atom. The van der Waals surface area contributed by atoms with Crippen molar-refractivity contribution in [3.05, 3.63) is 0 Å². The van der Waals surface area contributed by atoms with Crippen LogP contribution in [0.3, 0.4) is 0 Å². The van der Waals surface area contributed by atoms with Crippen molar-refractivity contribution >= 4 is 34.3 Å². The molecule has 0 saturated carbocycles. The fourth-order valence-corrected chi connectivity index (χ4v) is 9.06. The first-order chi connectivity index (χ1) is 23.8. The second-order valence-corrected chi connectivity index (χ2v) is 18.0. The number of carbonyl (C=O) groups excluding carboxylic acids is 1. The van der Waals surface area contributed by atoms with Crippen molar-refractivity contribution in [2.24, 2.45) is 0 Å². The van der Waals surface area contributed by atoms with Gasteiger partial charge in [-0.05, 0) is 78.1 Å². The van der Waals surface area contributed by atoms with Crippen LogP contribution in [0.1, 0.15) is 220 Å². The molecule has 4 unspecified atom stereocenters. The van der Waals surface area contributed by atoms with Gasteiger partial charge >= 0.3 is 11.9 Å². The molecule has 0 aromatic carbocycles. The van der Waals surface area contributed by atoms with Crippen molar-refractivity contribution in [3.63, 3.8) is 0 Å². The van der Waals surface area contributed by atoms with Crippen LogP contribution in [-0.2, 0) is 36.7 Å².